The van der Waals surface area contributed by atoms with Gasteiger partial charge in [0.15, 0.2) is 6.10 Å². The normalized spacial score (nSPS) is 32.8. The van der Waals surface area contributed by atoms with Crippen molar-refractivity contribution in [2.45, 2.75) is 26.1 Å². The molecular weight excluding hydrogens is 287 g/mol. The smallest absolute Gasteiger partial charge is 0.313 e. The van der Waals surface area contributed by atoms with Gasteiger partial charge in [-0.15, -0.1) is 0 Å². The highest BCUT2D eigenvalue weighted by atomic mass is 127. The van der Waals surface area contributed by atoms with Crippen LogP contribution < -0.4 is 0 Å². The van der Waals surface area contributed by atoms with E-state index in [1.807, 2.05) is 0 Å². The van der Waals surface area contributed by atoms with Gasteiger partial charge in [-0.25, -0.2) is 0 Å². The molecule has 1 aliphatic heterocycles. The number of rotatable bonds is 2. The summed E-state index contributed by atoms with van der Waals surface area (Å²) in [7, 11) is 0. The maximum atomic E-state index is 11.1. The largest absolute Gasteiger partial charge is 0.458 e. The van der Waals surface area contributed by atoms with E-state index in [1.165, 1.54) is 6.92 Å². The lowest BCUT2D eigenvalue weighted by atomic mass is 10.0. The minimum absolute atomic E-state index is 0.284. The maximum Gasteiger partial charge on any atom is 0.313 e. The molecule has 1 aliphatic rings. The third-order valence-corrected chi connectivity index (χ3v) is 2.82. The molecule has 74 valence electrons. The Kier molecular flexibility index (Phi) is 3.52. The van der Waals surface area contributed by atoms with E-state index in [4.69, 9.17) is 9.47 Å². The summed E-state index contributed by atoms with van der Waals surface area (Å²) in [6.45, 7) is 3.04. The minimum atomic E-state index is -0.415. The van der Waals surface area contributed by atoms with Gasteiger partial charge in [-0.1, -0.05) is 22.6 Å². The maximum absolute atomic E-state index is 11.1. The van der Waals surface area contributed by atoms with Crippen LogP contribution in [0.25, 0.3) is 0 Å². The number of cyclic esters (lactones) is 1. The molecule has 0 unspecified atom stereocenters. The first-order valence-electron chi connectivity index (χ1n) is 4.00. The Bertz CT molecular complexity index is 228. The summed E-state index contributed by atoms with van der Waals surface area (Å²) in [6.07, 6.45) is -0.700. The molecular formula is C8H11IO4. The Morgan fingerprint density at radius 3 is 2.77 bits per heavy atom. The van der Waals surface area contributed by atoms with Gasteiger partial charge < -0.3 is 9.47 Å². The Morgan fingerprint density at radius 1 is 1.69 bits per heavy atom. The Balaban J connectivity index is 2.67. The molecule has 0 bridgehead atoms. The van der Waals surface area contributed by atoms with Crippen LogP contribution in [-0.2, 0) is 19.1 Å². The number of carbonyl (C=O) groups is 2. The molecule has 0 N–H and O–H groups in total. The summed E-state index contributed by atoms with van der Waals surface area (Å²) in [4.78, 5) is 21.8. The van der Waals surface area contributed by atoms with E-state index in [0.29, 0.717) is 4.43 Å². The van der Waals surface area contributed by atoms with Crippen molar-refractivity contribution >= 4 is 34.5 Å². The molecule has 0 aromatic rings. The van der Waals surface area contributed by atoms with E-state index in [1.54, 1.807) is 6.92 Å². The highest BCUT2D eigenvalue weighted by Gasteiger charge is 2.43. The van der Waals surface area contributed by atoms with E-state index in [0.717, 1.165) is 0 Å². The molecule has 0 aliphatic carbocycles. The fourth-order valence-corrected chi connectivity index (χ4v) is 1.95. The monoisotopic (exact) mass is 298 g/mol. The van der Waals surface area contributed by atoms with Crippen LogP contribution in [0.1, 0.15) is 13.8 Å². The van der Waals surface area contributed by atoms with Crippen LogP contribution in [0.4, 0.5) is 0 Å². The predicted octanol–water partition coefficient (Wildman–Crippen LogP) is 0.915. The third kappa shape index (κ3) is 2.32. The Hall–Kier alpha value is -0.330. The second-order valence-electron chi connectivity index (χ2n) is 2.99. The summed E-state index contributed by atoms with van der Waals surface area (Å²) < 4.78 is 10.7. The Labute approximate surface area is 90.1 Å². The van der Waals surface area contributed by atoms with Gasteiger partial charge in [-0.2, -0.15) is 0 Å². The number of ether oxygens (including phenoxy) is 2. The van der Waals surface area contributed by atoms with Gasteiger partial charge in [-0.05, 0) is 6.92 Å². The molecule has 1 rings (SSSR count). The topological polar surface area (TPSA) is 52.6 Å². The molecule has 0 amide bonds. The molecule has 13 heavy (non-hydrogen) atoms. The van der Waals surface area contributed by atoms with Crippen molar-refractivity contribution in [1.82, 2.24) is 0 Å². The van der Waals surface area contributed by atoms with Crippen molar-refractivity contribution in [2.24, 2.45) is 5.92 Å². The molecule has 1 heterocycles. The van der Waals surface area contributed by atoms with Crippen molar-refractivity contribution < 1.29 is 19.1 Å². The fraction of sp³-hybridized carbons (Fsp3) is 0.750. The minimum Gasteiger partial charge on any atom is -0.458 e. The zero-order valence-electron chi connectivity index (χ0n) is 7.45. The SMILES string of the molecule is CC(=O)O[C@H]1[C@H](C)C(=O)O[C@@H]1CI. The van der Waals surface area contributed by atoms with Crippen LogP contribution in [0.5, 0.6) is 0 Å². The zero-order valence-corrected chi connectivity index (χ0v) is 9.61. The average molecular weight is 298 g/mol. The number of hydrogen-bond acceptors (Lipinski definition) is 4. The van der Waals surface area contributed by atoms with Crippen molar-refractivity contribution in [1.29, 1.82) is 0 Å². The van der Waals surface area contributed by atoms with Crippen molar-refractivity contribution in [3.8, 4) is 0 Å². The molecule has 0 spiro atoms. The number of esters is 2. The zero-order chi connectivity index (χ0) is 10.0. The second-order valence-corrected chi connectivity index (χ2v) is 3.87. The molecule has 5 heteroatoms. The van der Waals surface area contributed by atoms with Gasteiger partial charge in [0.05, 0.1) is 5.92 Å². The second kappa shape index (κ2) is 4.26. The van der Waals surface area contributed by atoms with E-state index >= 15 is 0 Å². The van der Waals surface area contributed by atoms with Gasteiger partial charge in [-0.3, -0.25) is 9.59 Å². The van der Waals surface area contributed by atoms with Crippen LogP contribution in [0.15, 0.2) is 0 Å². The number of carbonyl (C=O) groups excluding carboxylic acids is 2. The van der Waals surface area contributed by atoms with Crippen molar-refractivity contribution in [3.63, 3.8) is 0 Å². The lowest BCUT2D eigenvalue weighted by Gasteiger charge is -2.16. The summed E-state index contributed by atoms with van der Waals surface area (Å²) in [5, 5.41) is 0. The van der Waals surface area contributed by atoms with E-state index in [9.17, 15) is 9.59 Å². The molecule has 3 atom stereocenters. The van der Waals surface area contributed by atoms with E-state index < -0.39 is 6.10 Å². The van der Waals surface area contributed by atoms with Crippen molar-refractivity contribution in [3.05, 3.63) is 0 Å². The summed E-state index contributed by atoms with van der Waals surface area (Å²) in [5.41, 5.74) is 0. The first-order chi connectivity index (χ1) is 6.06. The third-order valence-electron chi connectivity index (χ3n) is 1.95. The van der Waals surface area contributed by atoms with Crippen LogP contribution in [0.3, 0.4) is 0 Å². The van der Waals surface area contributed by atoms with Crippen LogP contribution in [0.2, 0.25) is 0 Å². The van der Waals surface area contributed by atoms with Gasteiger partial charge in [0.2, 0.25) is 0 Å². The first-order valence-corrected chi connectivity index (χ1v) is 5.52. The van der Waals surface area contributed by atoms with Crippen LogP contribution in [-0.4, -0.2) is 28.6 Å². The molecule has 0 radical (unpaired) electrons. The summed E-state index contributed by atoms with van der Waals surface area (Å²) in [5.74, 6) is -0.999. The molecule has 1 saturated heterocycles. The standard InChI is InChI=1S/C8H11IO4/c1-4-7(12-5(2)10)6(3-9)13-8(4)11/h4,6-7H,3H2,1-2H3/t4-,6+,7-/m0/s1. The first kappa shape index (κ1) is 10.7. The molecule has 1 fully saturated rings. The van der Waals surface area contributed by atoms with Crippen LogP contribution in [0, 0.1) is 5.92 Å². The number of halogens is 1. The summed E-state index contributed by atoms with van der Waals surface area (Å²) >= 11 is 2.10. The van der Waals surface area contributed by atoms with Gasteiger partial charge in [0.1, 0.15) is 6.10 Å². The molecule has 4 nitrogen and oxygen atoms in total. The highest BCUT2D eigenvalue weighted by Crippen LogP contribution is 2.25. The summed E-state index contributed by atoms with van der Waals surface area (Å²) in [6, 6.07) is 0. The molecule has 0 saturated carbocycles. The van der Waals surface area contributed by atoms with Gasteiger partial charge in [0, 0.05) is 11.4 Å². The van der Waals surface area contributed by atoms with Gasteiger partial charge in [0.25, 0.3) is 0 Å². The Morgan fingerprint density at radius 2 is 2.31 bits per heavy atom. The highest BCUT2D eigenvalue weighted by molar-refractivity contribution is 14.1. The quantitative estimate of drug-likeness (QED) is 0.432. The average Bonchev–Trinajstić information content (AvgIpc) is 2.31. The van der Waals surface area contributed by atoms with Crippen LogP contribution >= 0.6 is 22.6 Å². The fourth-order valence-electron chi connectivity index (χ4n) is 1.27. The lowest BCUT2D eigenvalue weighted by molar-refractivity contribution is -0.150. The number of hydrogen-bond donors (Lipinski definition) is 0. The molecule has 0 aromatic heterocycles. The lowest BCUT2D eigenvalue weighted by Crippen LogP contribution is -2.31. The predicted molar refractivity (Wildman–Crippen MR) is 53.5 cm³/mol. The van der Waals surface area contributed by atoms with Crippen molar-refractivity contribution in [2.75, 3.05) is 4.43 Å². The molecule has 0 aromatic carbocycles. The number of alkyl halides is 1. The van der Waals surface area contributed by atoms with E-state index in [-0.39, 0.29) is 24.0 Å². The van der Waals surface area contributed by atoms with Gasteiger partial charge >= 0.3 is 11.9 Å². The van der Waals surface area contributed by atoms with E-state index in [2.05, 4.69) is 22.6 Å².